The van der Waals surface area contributed by atoms with Crippen molar-refractivity contribution in [3.63, 3.8) is 0 Å². The number of nitrogens with two attached hydrogens (primary N) is 4. The molecule has 35 heteroatoms. The number of aliphatic carboxylic acids is 2. The van der Waals surface area contributed by atoms with Gasteiger partial charge in [0, 0.05) is 39.0 Å². The van der Waals surface area contributed by atoms with Crippen molar-refractivity contribution in [2.45, 2.75) is 166 Å². The average molecular weight is 1220 g/mol. The molecule has 0 saturated carbocycles. The molecule has 0 spiro atoms. The first-order chi connectivity index (χ1) is 40.5. The summed E-state index contributed by atoms with van der Waals surface area (Å²) in [5.41, 5.74) is 21.1. The van der Waals surface area contributed by atoms with E-state index in [1.54, 1.807) is 27.7 Å². The predicted octanol–water partition coefficient (Wildman–Crippen LogP) is -7.13. The lowest BCUT2D eigenvalue weighted by atomic mass is 10.0. The normalized spacial score (nSPS) is 22.3. The molecule has 0 aromatic heterocycles. The summed E-state index contributed by atoms with van der Waals surface area (Å²) in [6.45, 7) is 5.23. The van der Waals surface area contributed by atoms with Crippen LogP contribution in [0.4, 0.5) is 0 Å². The number of carboxylic acids is 2. The monoisotopic (exact) mass is 1220 g/mol. The first-order valence-electron chi connectivity index (χ1n) is 28.1. The third-order valence-electron chi connectivity index (χ3n) is 13.1. The van der Waals surface area contributed by atoms with Gasteiger partial charge in [-0.1, -0.05) is 27.7 Å². The molecule has 12 amide bonds. The topological polar surface area (TPSA) is 576 Å². The van der Waals surface area contributed by atoms with E-state index in [2.05, 4.69) is 73.8 Å². The van der Waals surface area contributed by atoms with Crippen LogP contribution in [-0.2, 0) is 67.1 Å². The van der Waals surface area contributed by atoms with E-state index in [9.17, 15) is 77.3 Å². The summed E-state index contributed by atoms with van der Waals surface area (Å²) in [6.07, 6.45) is -1.51. The Morgan fingerprint density at radius 1 is 0.477 bits per heavy atom. The van der Waals surface area contributed by atoms with Crippen LogP contribution in [0.15, 0.2) is 9.98 Å². The van der Waals surface area contributed by atoms with E-state index < -0.39 is 175 Å². The zero-order valence-corrected chi connectivity index (χ0v) is 48.7. The van der Waals surface area contributed by atoms with Crippen LogP contribution in [0.5, 0.6) is 0 Å². The van der Waals surface area contributed by atoms with Crippen LogP contribution >= 0.6 is 0 Å². The number of hydrogen-bond donors (Lipinski definition) is 19. The van der Waals surface area contributed by atoms with E-state index in [1.807, 2.05) is 0 Å². The van der Waals surface area contributed by atoms with Crippen LogP contribution in [0, 0.1) is 17.2 Å². The second kappa shape index (κ2) is 37.9. The molecule has 0 bridgehead atoms. The number of carbonyl (C=O) groups is 14. The minimum Gasteiger partial charge on any atom is -0.481 e. The van der Waals surface area contributed by atoms with Gasteiger partial charge < -0.3 is 96.9 Å². The van der Waals surface area contributed by atoms with E-state index in [0.717, 1.165) is 0 Å². The van der Waals surface area contributed by atoms with Crippen molar-refractivity contribution in [3.8, 4) is 0 Å². The molecular weight excluding hydrogens is 1130 g/mol. The molecule has 23 N–H and O–H groups in total. The van der Waals surface area contributed by atoms with Gasteiger partial charge in [-0.3, -0.25) is 82.5 Å². The Hall–Kier alpha value is -9.21. The molecule has 35 nitrogen and oxygen atoms in total. The molecule has 0 aliphatic carbocycles. The second-order valence-electron chi connectivity index (χ2n) is 21.1. The molecule has 0 radical (unpaired) electrons. The van der Waals surface area contributed by atoms with Crippen molar-refractivity contribution in [1.82, 2.24) is 63.8 Å². The molecule has 1 unspecified atom stereocenters. The molecule has 2 rings (SSSR count). The first kappa shape index (κ1) is 72.9. The van der Waals surface area contributed by atoms with Gasteiger partial charge in [-0.2, -0.15) is 0 Å². The Morgan fingerprint density at radius 2 is 0.826 bits per heavy atom. The Bertz CT molecular complexity index is 2520. The summed E-state index contributed by atoms with van der Waals surface area (Å²) < 4.78 is 0. The van der Waals surface area contributed by atoms with Crippen LogP contribution in [0.1, 0.15) is 118 Å². The van der Waals surface area contributed by atoms with Crippen LogP contribution < -0.4 is 86.7 Å². The number of hydrogen-bond acceptors (Lipinski definition) is 17. The quantitative estimate of drug-likeness (QED) is 0.0197. The van der Waals surface area contributed by atoms with Crippen LogP contribution in [-0.4, -0.2) is 198 Å². The third kappa shape index (κ3) is 28.4. The highest BCUT2D eigenvalue weighted by Crippen LogP contribution is 2.12. The van der Waals surface area contributed by atoms with Crippen molar-refractivity contribution < 1.29 is 77.3 Å². The van der Waals surface area contributed by atoms with Crippen molar-refractivity contribution >= 4 is 100 Å². The lowest BCUT2D eigenvalue weighted by molar-refractivity contribution is -0.141. The standard InChI is InChI=1S/C51H85N19O16/c1-25(2)39-48(85)65-30(44(81)67-32(21-37(74)75)42(79)61-23-35(72)63-28(46(83)69-39)13-9-19-59-50(53)54)11-5-7-17-57-34(71)16-15-27(52)41(78)58-18-8-6-12-31-45(82)68-33(22-38(76)77)43(80)62-24-36(73)64-29(14-10-20-60-51(55)56)47(84)70-40(26(3)4)49(86)66-31/h25-26,28-33,39-40,52H,5-24H2,1-4H3,(H,57,71)(H,58,78)(H,61,79)(H,62,80)(H,63,72)(H,64,73)(H,65,85)(H,66,86)(H,67,81)(H,68,82)(H,69,83)(H,70,84)(H,74,75)(H,76,77)(H4,53,54,59)(H4,55,56,60)/t28-,29-,30-,31?,32-,33-,39+,40+/m1/s1. The third-order valence-corrected chi connectivity index (χ3v) is 13.1. The zero-order chi connectivity index (χ0) is 64.6. The SMILES string of the molecule is CC(C)[C@@H]1NC(=O)[C@@H](CCCN=C(N)N)NC(=O)CNC(=O)[C@@H](CC(=O)O)NC(=O)C(CCCCNC(=O)C(=N)CCC(=O)NCCCC[C@H]2NC(=O)[C@H](C(C)C)NC(=O)[C@@H](CCCN=C(N)N)NC(=O)CNC(=O)[C@@H](CC(=O)O)NC2=O)NC1=O. The second-order valence-corrected chi connectivity index (χ2v) is 21.1. The summed E-state index contributed by atoms with van der Waals surface area (Å²) >= 11 is 0. The van der Waals surface area contributed by atoms with E-state index in [1.165, 1.54) is 0 Å². The van der Waals surface area contributed by atoms with Gasteiger partial charge >= 0.3 is 11.9 Å². The van der Waals surface area contributed by atoms with Gasteiger partial charge in [0.15, 0.2) is 11.9 Å². The molecule has 2 aliphatic rings. The fourth-order valence-corrected chi connectivity index (χ4v) is 8.49. The number of guanidine groups is 2. The number of carbonyl (C=O) groups excluding carboxylic acids is 12. The maximum atomic E-state index is 13.8. The zero-order valence-electron chi connectivity index (χ0n) is 48.7. The van der Waals surface area contributed by atoms with Gasteiger partial charge in [0.2, 0.25) is 65.0 Å². The first-order valence-corrected chi connectivity index (χ1v) is 28.1. The maximum Gasteiger partial charge on any atom is 0.305 e. The highest BCUT2D eigenvalue weighted by atomic mass is 16.4. The molecule has 8 atom stereocenters. The Balaban J connectivity index is 2.07. The van der Waals surface area contributed by atoms with E-state index in [0.29, 0.717) is 0 Å². The fraction of sp³-hybridized carbons (Fsp3) is 0.667. The molecule has 480 valence electrons. The van der Waals surface area contributed by atoms with Crippen molar-refractivity contribution in [2.24, 2.45) is 44.8 Å². The number of amides is 12. The molecular formula is C51H85N19O16. The van der Waals surface area contributed by atoms with E-state index >= 15 is 0 Å². The summed E-state index contributed by atoms with van der Waals surface area (Å²) in [7, 11) is 0. The number of nitrogens with zero attached hydrogens (tertiary/aromatic N) is 2. The van der Waals surface area contributed by atoms with Gasteiger partial charge in [-0.05, 0) is 76.0 Å². The van der Waals surface area contributed by atoms with E-state index in [4.69, 9.17) is 28.3 Å². The number of unbranched alkanes of at least 4 members (excludes halogenated alkanes) is 2. The predicted molar refractivity (Wildman–Crippen MR) is 306 cm³/mol. The number of aliphatic imine (C=N–C) groups is 2. The Kier molecular flexibility index (Phi) is 32.1. The van der Waals surface area contributed by atoms with Gasteiger partial charge in [0.1, 0.15) is 48.3 Å². The minimum absolute atomic E-state index is 0.00187. The average Bonchev–Trinajstić information content (AvgIpc) is 3.35. The fourth-order valence-electron chi connectivity index (χ4n) is 8.49. The highest BCUT2D eigenvalue weighted by molar-refractivity contribution is 6.37. The van der Waals surface area contributed by atoms with Crippen molar-refractivity contribution in [2.75, 3.05) is 39.3 Å². The smallest absolute Gasteiger partial charge is 0.305 e. The van der Waals surface area contributed by atoms with Crippen LogP contribution in [0.25, 0.3) is 0 Å². The number of carboxylic acid groups (broad SMARTS) is 2. The van der Waals surface area contributed by atoms with Gasteiger partial charge in [-0.15, -0.1) is 0 Å². The number of rotatable bonds is 28. The Labute approximate surface area is 495 Å². The molecule has 2 aliphatic heterocycles. The van der Waals surface area contributed by atoms with Gasteiger partial charge in [0.25, 0.3) is 5.91 Å². The summed E-state index contributed by atoms with van der Waals surface area (Å²) in [4.78, 5) is 191. The molecule has 0 aromatic rings. The largest absolute Gasteiger partial charge is 0.481 e. The maximum absolute atomic E-state index is 13.8. The highest BCUT2D eigenvalue weighted by Gasteiger charge is 2.36. The molecule has 86 heavy (non-hydrogen) atoms. The van der Waals surface area contributed by atoms with Crippen LogP contribution in [0.3, 0.4) is 0 Å². The minimum atomic E-state index is -1.70. The molecule has 2 heterocycles. The van der Waals surface area contributed by atoms with E-state index in [-0.39, 0.29) is 115 Å². The number of nitrogens with one attached hydrogen (secondary N) is 13. The van der Waals surface area contributed by atoms with Crippen molar-refractivity contribution in [3.05, 3.63) is 0 Å². The van der Waals surface area contributed by atoms with Crippen molar-refractivity contribution in [1.29, 1.82) is 5.41 Å². The molecule has 2 saturated heterocycles. The van der Waals surface area contributed by atoms with Crippen LogP contribution in [0.2, 0.25) is 0 Å². The molecule has 2 fully saturated rings. The van der Waals surface area contributed by atoms with Gasteiger partial charge in [-0.25, -0.2) is 0 Å². The molecule has 0 aromatic carbocycles. The lowest BCUT2D eigenvalue weighted by Crippen LogP contribution is -2.59. The lowest BCUT2D eigenvalue weighted by Gasteiger charge is -2.27. The summed E-state index contributed by atoms with van der Waals surface area (Å²) in [5.74, 6) is -14.7. The summed E-state index contributed by atoms with van der Waals surface area (Å²) in [6, 6.07) is -11.2. The van der Waals surface area contributed by atoms with Gasteiger partial charge in [0.05, 0.1) is 31.6 Å². The summed E-state index contributed by atoms with van der Waals surface area (Å²) in [5, 5.41) is 57.0. The Morgan fingerprint density at radius 3 is 1.20 bits per heavy atom.